The van der Waals surface area contributed by atoms with Crippen molar-refractivity contribution in [2.75, 3.05) is 16.8 Å². The lowest BCUT2D eigenvalue weighted by Crippen LogP contribution is -2.46. The average molecular weight is 380 g/mol. The summed E-state index contributed by atoms with van der Waals surface area (Å²) in [6.45, 7) is 2.76. The predicted octanol–water partition coefficient (Wildman–Crippen LogP) is 2.64. The van der Waals surface area contributed by atoms with E-state index in [1.54, 1.807) is 36.1 Å². The van der Waals surface area contributed by atoms with Crippen LogP contribution >= 0.6 is 0 Å². The number of carbonyl (C=O) groups is 3. The first-order valence-electron chi connectivity index (χ1n) is 9.32. The molecule has 1 aliphatic heterocycles. The summed E-state index contributed by atoms with van der Waals surface area (Å²) in [7, 11) is 0. The maximum Gasteiger partial charge on any atom is 0.319 e. The van der Waals surface area contributed by atoms with Crippen molar-refractivity contribution < 1.29 is 14.4 Å². The van der Waals surface area contributed by atoms with Crippen LogP contribution in [0, 0.1) is 0 Å². The van der Waals surface area contributed by atoms with Gasteiger partial charge in [0.1, 0.15) is 6.04 Å². The Morgan fingerprint density at radius 2 is 1.79 bits per heavy atom. The molecule has 0 bridgehead atoms. The van der Waals surface area contributed by atoms with Gasteiger partial charge in [-0.25, -0.2) is 4.79 Å². The van der Waals surface area contributed by atoms with E-state index in [0.717, 1.165) is 24.2 Å². The molecule has 7 heteroatoms. The van der Waals surface area contributed by atoms with E-state index in [4.69, 9.17) is 0 Å². The van der Waals surface area contributed by atoms with E-state index >= 15 is 0 Å². The zero-order chi connectivity index (χ0) is 19.9. The lowest BCUT2D eigenvalue weighted by Gasteiger charge is -2.17. The predicted molar refractivity (Wildman–Crippen MR) is 108 cm³/mol. The van der Waals surface area contributed by atoms with E-state index in [1.165, 1.54) is 0 Å². The third-order valence-corrected chi connectivity index (χ3v) is 4.56. The molecule has 0 spiro atoms. The molecule has 3 N–H and O–H groups in total. The topological polar surface area (TPSA) is 90.5 Å². The second kappa shape index (κ2) is 9.03. The second-order valence-electron chi connectivity index (χ2n) is 6.72. The van der Waals surface area contributed by atoms with Crippen LogP contribution < -0.4 is 20.9 Å². The van der Waals surface area contributed by atoms with Gasteiger partial charge >= 0.3 is 6.03 Å². The molecular weight excluding hydrogens is 356 g/mol. The van der Waals surface area contributed by atoms with Crippen LogP contribution in [0.1, 0.15) is 25.3 Å². The molecule has 0 aliphatic carbocycles. The summed E-state index contributed by atoms with van der Waals surface area (Å²) in [6.07, 6.45) is 1.44. The molecule has 7 nitrogen and oxygen atoms in total. The average Bonchev–Trinajstić information content (AvgIpc) is 3.13. The zero-order valence-electron chi connectivity index (χ0n) is 15.8. The van der Waals surface area contributed by atoms with Crippen LogP contribution in [0.5, 0.6) is 0 Å². The highest BCUT2D eigenvalue weighted by Gasteiger charge is 2.21. The van der Waals surface area contributed by atoms with Gasteiger partial charge < -0.3 is 20.9 Å². The molecule has 1 atom stereocenters. The maximum atomic E-state index is 12.1. The monoisotopic (exact) mass is 380 g/mol. The minimum absolute atomic E-state index is 0.119. The third kappa shape index (κ3) is 5.09. The number of carbonyl (C=O) groups excluding carboxylic acids is 3. The van der Waals surface area contributed by atoms with Crippen molar-refractivity contribution in [2.24, 2.45) is 0 Å². The molecule has 1 aliphatic rings. The second-order valence-corrected chi connectivity index (χ2v) is 6.72. The summed E-state index contributed by atoms with van der Waals surface area (Å²) >= 11 is 0. The lowest BCUT2D eigenvalue weighted by atomic mass is 10.2. The smallest absolute Gasteiger partial charge is 0.319 e. The first-order valence-corrected chi connectivity index (χ1v) is 9.32. The van der Waals surface area contributed by atoms with Crippen molar-refractivity contribution in [3.05, 3.63) is 60.2 Å². The third-order valence-electron chi connectivity index (χ3n) is 4.56. The van der Waals surface area contributed by atoms with Crippen LogP contribution in [0.3, 0.4) is 0 Å². The Hall–Kier alpha value is -3.35. The summed E-state index contributed by atoms with van der Waals surface area (Å²) in [5.74, 6) is -0.143. The number of rotatable bonds is 6. The number of urea groups is 1. The van der Waals surface area contributed by atoms with E-state index in [9.17, 15) is 14.4 Å². The highest BCUT2D eigenvalue weighted by molar-refractivity contribution is 5.96. The van der Waals surface area contributed by atoms with Crippen LogP contribution in [-0.4, -0.2) is 30.4 Å². The molecule has 146 valence electrons. The number of amides is 4. The van der Waals surface area contributed by atoms with Gasteiger partial charge in [0, 0.05) is 30.9 Å². The van der Waals surface area contributed by atoms with E-state index in [0.29, 0.717) is 18.7 Å². The van der Waals surface area contributed by atoms with Crippen molar-refractivity contribution in [1.29, 1.82) is 0 Å². The van der Waals surface area contributed by atoms with E-state index in [1.807, 2.05) is 30.3 Å². The SMILES string of the molecule is CC(NC(=O)Nc1ccc(N2CCCC2=O)cc1)C(=O)NCc1ccccc1. The van der Waals surface area contributed by atoms with Crippen molar-refractivity contribution in [1.82, 2.24) is 10.6 Å². The summed E-state index contributed by atoms with van der Waals surface area (Å²) < 4.78 is 0. The summed E-state index contributed by atoms with van der Waals surface area (Å²) in [5, 5.41) is 8.10. The molecule has 28 heavy (non-hydrogen) atoms. The molecular formula is C21H24N4O3. The Bertz CT molecular complexity index is 836. The van der Waals surface area contributed by atoms with Crippen molar-refractivity contribution in [3.8, 4) is 0 Å². The summed E-state index contributed by atoms with van der Waals surface area (Å²) in [6, 6.07) is 15.5. The van der Waals surface area contributed by atoms with Crippen molar-refractivity contribution >= 4 is 29.2 Å². The van der Waals surface area contributed by atoms with Gasteiger partial charge in [-0.2, -0.15) is 0 Å². The molecule has 1 saturated heterocycles. The van der Waals surface area contributed by atoms with Gasteiger partial charge in [0.15, 0.2) is 0 Å². The van der Waals surface area contributed by atoms with Gasteiger partial charge in [0.05, 0.1) is 0 Å². The number of nitrogens with one attached hydrogen (secondary N) is 3. The lowest BCUT2D eigenvalue weighted by molar-refractivity contribution is -0.122. The van der Waals surface area contributed by atoms with Gasteiger partial charge in [-0.15, -0.1) is 0 Å². The number of hydrogen-bond donors (Lipinski definition) is 3. The largest absolute Gasteiger partial charge is 0.350 e. The summed E-state index contributed by atoms with van der Waals surface area (Å²) in [4.78, 5) is 37.8. The van der Waals surface area contributed by atoms with Crippen molar-refractivity contribution in [3.63, 3.8) is 0 Å². The first-order chi connectivity index (χ1) is 13.5. The fourth-order valence-electron chi connectivity index (χ4n) is 3.01. The molecule has 1 fully saturated rings. The first kappa shape index (κ1) is 19.4. The highest BCUT2D eigenvalue weighted by Crippen LogP contribution is 2.22. The van der Waals surface area contributed by atoms with Crippen LogP contribution in [0.15, 0.2) is 54.6 Å². The quantitative estimate of drug-likeness (QED) is 0.720. The fraction of sp³-hybridized carbons (Fsp3) is 0.286. The van der Waals surface area contributed by atoms with Crippen LogP contribution in [0.4, 0.5) is 16.2 Å². The van der Waals surface area contributed by atoms with E-state index in [2.05, 4.69) is 16.0 Å². The van der Waals surface area contributed by atoms with Gasteiger partial charge in [0.25, 0.3) is 0 Å². The zero-order valence-corrected chi connectivity index (χ0v) is 15.8. The molecule has 2 aromatic rings. The molecule has 2 aromatic carbocycles. The Balaban J connectivity index is 1.46. The number of benzene rings is 2. The molecule has 1 unspecified atom stereocenters. The molecule has 0 aromatic heterocycles. The fourth-order valence-corrected chi connectivity index (χ4v) is 3.01. The summed E-state index contributed by atoms with van der Waals surface area (Å²) in [5.41, 5.74) is 2.40. The maximum absolute atomic E-state index is 12.1. The Kier molecular flexibility index (Phi) is 6.26. The number of anilines is 2. The van der Waals surface area contributed by atoms with Crippen molar-refractivity contribution in [2.45, 2.75) is 32.4 Å². The number of hydrogen-bond acceptors (Lipinski definition) is 3. The highest BCUT2D eigenvalue weighted by atomic mass is 16.2. The standard InChI is InChI=1S/C21H24N4O3/c1-15(20(27)22-14-16-6-3-2-4-7-16)23-21(28)24-17-9-11-18(12-10-17)25-13-5-8-19(25)26/h2-4,6-7,9-12,15H,5,8,13-14H2,1H3,(H,22,27)(H2,23,24,28). The molecule has 0 saturated carbocycles. The van der Waals surface area contributed by atoms with Gasteiger partial charge in [0.2, 0.25) is 11.8 Å². The van der Waals surface area contributed by atoms with Crippen LogP contribution in [0.2, 0.25) is 0 Å². The minimum Gasteiger partial charge on any atom is -0.350 e. The minimum atomic E-state index is -0.676. The van der Waals surface area contributed by atoms with Gasteiger partial charge in [-0.1, -0.05) is 30.3 Å². The molecule has 0 radical (unpaired) electrons. The Morgan fingerprint density at radius 1 is 1.07 bits per heavy atom. The van der Waals surface area contributed by atoms with Gasteiger partial charge in [-0.3, -0.25) is 9.59 Å². The Morgan fingerprint density at radius 3 is 2.43 bits per heavy atom. The molecule has 1 heterocycles. The van der Waals surface area contributed by atoms with Crippen LogP contribution in [0.25, 0.3) is 0 Å². The normalized spacial score (nSPS) is 14.5. The van der Waals surface area contributed by atoms with Crippen LogP contribution in [-0.2, 0) is 16.1 Å². The van der Waals surface area contributed by atoms with E-state index in [-0.39, 0.29) is 11.8 Å². The Labute approximate surface area is 164 Å². The van der Waals surface area contributed by atoms with E-state index < -0.39 is 12.1 Å². The molecule has 3 rings (SSSR count). The van der Waals surface area contributed by atoms with Gasteiger partial charge in [-0.05, 0) is 43.2 Å². The molecule has 4 amide bonds. The number of nitrogens with zero attached hydrogens (tertiary/aromatic N) is 1.